The van der Waals surface area contributed by atoms with Crippen molar-refractivity contribution < 1.29 is 14.3 Å². The van der Waals surface area contributed by atoms with Gasteiger partial charge in [0, 0.05) is 12.5 Å². The number of carbonyl (C=O) groups is 2. The number of benzene rings is 1. The van der Waals surface area contributed by atoms with E-state index in [-0.39, 0.29) is 17.6 Å². The summed E-state index contributed by atoms with van der Waals surface area (Å²) in [5.41, 5.74) is 3.24. The normalized spacial score (nSPS) is 31.6. The van der Waals surface area contributed by atoms with Gasteiger partial charge in [0.15, 0.2) is 5.78 Å². The third kappa shape index (κ3) is 2.17. The van der Waals surface area contributed by atoms with Crippen molar-refractivity contribution in [3.63, 3.8) is 0 Å². The molecule has 3 atom stereocenters. The zero-order chi connectivity index (χ0) is 16.1. The van der Waals surface area contributed by atoms with Crippen molar-refractivity contribution in [1.82, 2.24) is 5.32 Å². The van der Waals surface area contributed by atoms with Gasteiger partial charge >= 0.3 is 0 Å². The standard InChI is InChI=1S/C18H23NO3/c1-10-7-11(2)14(12(3)8-10)15-16(20)18(4,19-17(15)21)13-5-6-22-9-13/h7-8,13,15H,5-6,9H2,1-4H3,(H,19,21). The minimum Gasteiger partial charge on any atom is -0.381 e. The highest BCUT2D eigenvalue weighted by atomic mass is 16.5. The number of hydrogen-bond donors (Lipinski definition) is 1. The number of Topliss-reactive ketones (excluding diaryl/α,β-unsaturated/α-hetero) is 1. The average molecular weight is 301 g/mol. The van der Waals surface area contributed by atoms with Crippen LogP contribution in [-0.2, 0) is 14.3 Å². The minimum absolute atomic E-state index is 0.0111. The van der Waals surface area contributed by atoms with Crippen molar-refractivity contribution in [1.29, 1.82) is 0 Å². The molecule has 1 N–H and O–H groups in total. The highest BCUT2D eigenvalue weighted by molar-refractivity contribution is 6.17. The first kappa shape index (κ1) is 15.2. The van der Waals surface area contributed by atoms with Crippen molar-refractivity contribution >= 4 is 11.7 Å². The molecule has 3 unspecified atom stereocenters. The van der Waals surface area contributed by atoms with Gasteiger partial charge in [0.25, 0.3) is 0 Å². The van der Waals surface area contributed by atoms with E-state index in [1.165, 1.54) is 0 Å². The second kappa shape index (κ2) is 5.20. The third-order valence-corrected chi connectivity index (χ3v) is 5.19. The molecule has 4 heteroatoms. The number of nitrogens with one attached hydrogen (secondary N) is 1. The Morgan fingerprint density at radius 1 is 1.18 bits per heavy atom. The Morgan fingerprint density at radius 2 is 1.82 bits per heavy atom. The molecule has 0 aromatic heterocycles. The van der Waals surface area contributed by atoms with Crippen molar-refractivity contribution in [2.75, 3.05) is 13.2 Å². The summed E-state index contributed by atoms with van der Waals surface area (Å²) in [6.45, 7) is 9.04. The predicted octanol–water partition coefficient (Wildman–Crippen LogP) is 2.19. The second-order valence-corrected chi connectivity index (χ2v) is 6.86. The SMILES string of the molecule is Cc1cc(C)c(C2C(=O)NC(C)(C3CCOC3)C2=O)c(C)c1. The number of amides is 1. The van der Waals surface area contributed by atoms with Crippen molar-refractivity contribution in [2.24, 2.45) is 5.92 Å². The molecule has 2 aliphatic rings. The molecule has 1 aromatic rings. The second-order valence-electron chi connectivity index (χ2n) is 6.86. The summed E-state index contributed by atoms with van der Waals surface area (Å²) in [7, 11) is 0. The lowest BCUT2D eigenvalue weighted by Gasteiger charge is -2.28. The first-order valence-electron chi connectivity index (χ1n) is 7.86. The van der Waals surface area contributed by atoms with Gasteiger partial charge < -0.3 is 10.1 Å². The fourth-order valence-electron chi connectivity index (χ4n) is 4.01. The molecular formula is C18H23NO3. The first-order valence-corrected chi connectivity index (χ1v) is 7.86. The average Bonchev–Trinajstić information content (AvgIpc) is 3.01. The topological polar surface area (TPSA) is 55.4 Å². The van der Waals surface area contributed by atoms with E-state index in [1.807, 2.05) is 39.8 Å². The molecule has 2 saturated heterocycles. The van der Waals surface area contributed by atoms with Crippen LogP contribution in [-0.4, -0.2) is 30.4 Å². The van der Waals surface area contributed by atoms with Crippen LogP contribution in [0.4, 0.5) is 0 Å². The van der Waals surface area contributed by atoms with Gasteiger partial charge in [-0.05, 0) is 50.8 Å². The van der Waals surface area contributed by atoms with Crippen LogP contribution in [0.3, 0.4) is 0 Å². The fourth-order valence-corrected chi connectivity index (χ4v) is 4.01. The molecule has 0 saturated carbocycles. The summed E-state index contributed by atoms with van der Waals surface area (Å²) in [5, 5.41) is 2.97. The van der Waals surface area contributed by atoms with Gasteiger partial charge in [-0.1, -0.05) is 17.7 Å². The van der Waals surface area contributed by atoms with Crippen molar-refractivity contribution in [3.8, 4) is 0 Å². The zero-order valence-corrected chi connectivity index (χ0v) is 13.7. The number of rotatable bonds is 2. The van der Waals surface area contributed by atoms with Crippen LogP contribution in [0.1, 0.15) is 41.5 Å². The number of ketones is 1. The monoisotopic (exact) mass is 301 g/mol. The molecule has 4 nitrogen and oxygen atoms in total. The largest absolute Gasteiger partial charge is 0.381 e. The Labute approximate surface area is 131 Å². The van der Waals surface area contributed by atoms with Crippen LogP contribution < -0.4 is 5.32 Å². The van der Waals surface area contributed by atoms with E-state index in [4.69, 9.17) is 4.74 Å². The molecule has 2 heterocycles. The van der Waals surface area contributed by atoms with Crippen LogP contribution in [0.2, 0.25) is 0 Å². The molecular weight excluding hydrogens is 278 g/mol. The molecule has 2 aliphatic heterocycles. The Morgan fingerprint density at radius 3 is 2.36 bits per heavy atom. The van der Waals surface area contributed by atoms with Gasteiger partial charge in [-0.15, -0.1) is 0 Å². The van der Waals surface area contributed by atoms with Gasteiger partial charge in [-0.25, -0.2) is 0 Å². The van der Waals surface area contributed by atoms with Crippen molar-refractivity contribution in [3.05, 3.63) is 34.4 Å². The van der Waals surface area contributed by atoms with E-state index in [2.05, 4.69) is 5.32 Å². The van der Waals surface area contributed by atoms with E-state index < -0.39 is 11.5 Å². The first-order chi connectivity index (χ1) is 10.3. The van der Waals surface area contributed by atoms with Crippen LogP contribution in [0.15, 0.2) is 12.1 Å². The molecule has 3 rings (SSSR count). The van der Waals surface area contributed by atoms with E-state index in [1.54, 1.807) is 0 Å². The lowest BCUT2D eigenvalue weighted by Crippen LogP contribution is -2.50. The van der Waals surface area contributed by atoms with Crippen LogP contribution in [0.5, 0.6) is 0 Å². The molecule has 0 radical (unpaired) electrons. The van der Waals surface area contributed by atoms with Gasteiger partial charge in [-0.3, -0.25) is 9.59 Å². The lowest BCUT2D eigenvalue weighted by atomic mass is 9.77. The maximum atomic E-state index is 13.1. The third-order valence-electron chi connectivity index (χ3n) is 5.19. The van der Waals surface area contributed by atoms with Gasteiger partial charge in [0.05, 0.1) is 6.61 Å². The number of carbonyl (C=O) groups excluding carboxylic acids is 2. The lowest BCUT2D eigenvalue weighted by molar-refractivity contribution is -0.126. The summed E-state index contributed by atoms with van der Waals surface area (Å²) in [4.78, 5) is 25.6. The van der Waals surface area contributed by atoms with Crippen molar-refractivity contribution in [2.45, 2.75) is 45.6 Å². The molecule has 22 heavy (non-hydrogen) atoms. The summed E-state index contributed by atoms with van der Waals surface area (Å²) < 4.78 is 5.42. The quantitative estimate of drug-likeness (QED) is 0.852. The highest BCUT2D eigenvalue weighted by Crippen LogP contribution is 2.39. The fraction of sp³-hybridized carbons (Fsp3) is 0.556. The number of hydrogen-bond acceptors (Lipinski definition) is 3. The van der Waals surface area contributed by atoms with E-state index in [9.17, 15) is 9.59 Å². The summed E-state index contributed by atoms with van der Waals surface area (Å²) in [6, 6.07) is 4.08. The minimum atomic E-state index is -0.804. The molecule has 1 amide bonds. The van der Waals surface area contributed by atoms with E-state index in [0.717, 1.165) is 28.7 Å². The van der Waals surface area contributed by atoms with Gasteiger partial charge in [0.1, 0.15) is 11.5 Å². The van der Waals surface area contributed by atoms with Gasteiger partial charge in [-0.2, -0.15) is 0 Å². The molecule has 0 spiro atoms. The summed E-state index contributed by atoms with van der Waals surface area (Å²) in [6.07, 6.45) is 0.821. The molecule has 0 bridgehead atoms. The van der Waals surface area contributed by atoms with E-state index in [0.29, 0.717) is 13.2 Å². The Kier molecular flexibility index (Phi) is 3.60. The Bertz CT molecular complexity index is 623. The number of aryl methyl sites for hydroxylation is 3. The van der Waals surface area contributed by atoms with Crippen LogP contribution in [0, 0.1) is 26.7 Å². The smallest absolute Gasteiger partial charge is 0.235 e. The zero-order valence-electron chi connectivity index (χ0n) is 13.7. The van der Waals surface area contributed by atoms with Crippen LogP contribution in [0.25, 0.3) is 0 Å². The molecule has 118 valence electrons. The molecule has 0 aliphatic carbocycles. The highest BCUT2D eigenvalue weighted by Gasteiger charge is 2.55. The van der Waals surface area contributed by atoms with Gasteiger partial charge in [0.2, 0.25) is 5.91 Å². The Hall–Kier alpha value is -1.68. The Balaban J connectivity index is 2.02. The predicted molar refractivity (Wildman–Crippen MR) is 83.9 cm³/mol. The molecule has 1 aromatic carbocycles. The molecule has 2 fully saturated rings. The van der Waals surface area contributed by atoms with Crippen LogP contribution >= 0.6 is 0 Å². The number of ether oxygens (including phenoxy) is 1. The maximum absolute atomic E-state index is 13.1. The summed E-state index contributed by atoms with van der Waals surface area (Å²) >= 11 is 0. The van der Waals surface area contributed by atoms with E-state index >= 15 is 0 Å². The maximum Gasteiger partial charge on any atom is 0.235 e. The summed E-state index contributed by atoms with van der Waals surface area (Å²) in [5.74, 6) is -0.802.